The normalized spacial score (nSPS) is 20.5. The zero-order valence-electron chi connectivity index (χ0n) is 10.3. The van der Waals surface area contributed by atoms with Crippen molar-refractivity contribution in [1.29, 1.82) is 0 Å². The second-order valence-corrected chi connectivity index (χ2v) is 4.78. The molecule has 1 unspecified atom stereocenters. The molecule has 5 nitrogen and oxygen atoms in total. The third-order valence-corrected chi connectivity index (χ3v) is 3.22. The number of aromatic nitrogens is 2. The number of anilines is 1. The van der Waals surface area contributed by atoms with Gasteiger partial charge in [-0.05, 0) is 25.7 Å². The van der Waals surface area contributed by atoms with E-state index in [1.54, 1.807) is 6.92 Å². The summed E-state index contributed by atoms with van der Waals surface area (Å²) in [6, 6.07) is 0. The molecule has 0 aliphatic carbocycles. The molecule has 0 bridgehead atoms. The lowest BCUT2D eigenvalue weighted by atomic mass is 9.80. The Morgan fingerprint density at radius 3 is 2.82 bits per heavy atom. The zero-order valence-corrected chi connectivity index (χ0v) is 10.3. The van der Waals surface area contributed by atoms with Gasteiger partial charge < -0.3 is 14.9 Å². The first-order valence-electron chi connectivity index (χ1n) is 6.02. The van der Waals surface area contributed by atoms with Gasteiger partial charge in [0.15, 0.2) is 0 Å². The van der Waals surface area contributed by atoms with Gasteiger partial charge in [-0.25, -0.2) is 9.97 Å². The van der Waals surface area contributed by atoms with Crippen molar-refractivity contribution in [2.24, 2.45) is 5.92 Å². The minimum Gasteiger partial charge on any atom is -0.423 e. The van der Waals surface area contributed by atoms with Crippen LogP contribution in [-0.2, 0) is 0 Å². The van der Waals surface area contributed by atoms with Gasteiger partial charge in [-0.1, -0.05) is 6.92 Å². The lowest BCUT2D eigenvalue weighted by Gasteiger charge is -2.31. The molecule has 1 aliphatic rings. The SMILES string of the molecule is Cc1nc(N2CCCC(C)C2)ncc1B(O)O. The molecule has 1 aliphatic heterocycles. The van der Waals surface area contributed by atoms with Crippen LogP contribution < -0.4 is 10.4 Å². The van der Waals surface area contributed by atoms with Crippen molar-refractivity contribution >= 4 is 18.5 Å². The second-order valence-electron chi connectivity index (χ2n) is 4.78. The Bertz CT molecular complexity index is 400. The van der Waals surface area contributed by atoms with Crippen molar-refractivity contribution in [3.63, 3.8) is 0 Å². The summed E-state index contributed by atoms with van der Waals surface area (Å²) in [6.45, 7) is 5.95. The summed E-state index contributed by atoms with van der Waals surface area (Å²) in [5.74, 6) is 1.36. The van der Waals surface area contributed by atoms with Crippen molar-refractivity contribution in [2.75, 3.05) is 18.0 Å². The Balaban J connectivity index is 2.19. The molecule has 6 heteroatoms. The molecule has 2 N–H and O–H groups in total. The van der Waals surface area contributed by atoms with E-state index in [4.69, 9.17) is 10.0 Å². The number of piperidine rings is 1. The van der Waals surface area contributed by atoms with Crippen LogP contribution in [0.3, 0.4) is 0 Å². The molecule has 1 fully saturated rings. The fraction of sp³-hybridized carbons (Fsp3) is 0.636. The van der Waals surface area contributed by atoms with Crippen LogP contribution in [0.5, 0.6) is 0 Å². The van der Waals surface area contributed by atoms with Crippen molar-refractivity contribution in [1.82, 2.24) is 9.97 Å². The van der Waals surface area contributed by atoms with Gasteiger partial charge in [0, 0.05) is 30.4 Å². The van der Waals surface area contributed by atoms with Crippen molar-refractivity contribution in [2.45, 2.75) is 26.7 Å². The summed E-state index contributed by atoms with van der Waals surface area (Å²) in [5.41, 5.74) is 1.00. The van der Waals surface area contributed by atoms with Gasteiger partial charge in [0.1, 0.15) is 0 Å². The Kier molecular flexibility index (Phi) is 3.64. The first-order valence-corrected chi connectivity index (χ1v) is 6.02. The highest BCUT2D eigenvalue weighted by atomic mass is 16.4. The summed E-state index contributed by atoms with van der Waals surface area (Å²) in [5, 5.41) is 18.2. The van der Waals surface area contributed by atoms with Gasteiger partial charge in [0.2, 0.25) is 5.95 Å². The van der Waals surface area contributed by atoms with E-state index in [1.165, 1.54) is 12.6 Å². The molecule has 0 aromatic carbocycles. The predicted molar refractivity (Wildman–Crippen MR) is 67.2 cm³/mol. The number of aryl methyl sites for hydroxylation is 1. The second kappa shape index (κ2) is 5.02. The number of nitrogens with zero attached hydrogens (tertiary/aromatic N) is 3. The Morgan fingerprint density at radius 2 is 2.24 bits per heavy atom. The molecule has 0 radical (unpaired) electrons. The third-order valence-electron chi connectivity index (χ3n) is 3.22. The predicted octanol–water partition coefficient (Wildman–Crippen LogP) is -0.299. The van der Waals surface area contributed by atoms with Gasteiger partial charge in [-0.2, -0.15) is 0 Å². The van der Waals surface area contributed by atoms with Crippen LogP contribution in [-0.4, -0.2) is 40.2 Å². The van der Waals surface area contributed by atoms with Gasteiger partial charge >= 0.3 is 7.12 Å². The number of rotatable bonds is 2. The van der Waals surface area contributed by atoms with Crippen molar-refractivity contribution in [3.05, 3.63) is 11.9 Å². The highest BCUT2D eigenvalue weighted by molar-refractivity contribution is 6.58. The molecule has 2 rings (SSSR count). The topological polar surface area (TPSA) is 69.5 Å². The van der Waals surface area contributed by atoms with Gasteiger partial charge in [-0.15, -0.1) is 0 Å². The Hall–Kier alpha value is -1.14. The van der Waals surface area contributed by atoms with Gasteiger partial charge in [-0.3, -0.25) is 0 Å². The third kappa shape index (κ3) is 2.76. The molecule has 0 saturated carbocycles. The molecule has 2 heterocycles. The van der Waals surface area contributed by atoms with Crippen LogP contribution in [0.15, 0.2) is 6.20 Å². The Labute approximate surface area is 102 Å². The van der Waals surface area contributed by atoms with Crippen molar-refractivity contribution in [3.8, 4) is 0 Å². The molecule has 92 valence electrons. The first kappa shape index (κ1) is 12.3. The van der Waals surface area contributed by atoms with Crippen LogP contribution in [0.25, 0.3) is 0 Å². The average molecular weight is 235 g/mol. The maximum atomic E-state index is 9.11. The van der Waals surface area contributed by atoms with E-state index in [0.717, 1.165) is 19.5 Å². The van der Waals surface area contributed by atoms with E-state index in [0.29, 0.717) is 23.0 Å². The molecule has 0 amide bonds. The molecule has 17 heavy (non-hydrogen) atoms. The maximum Gasteiger partial charge on any atom is 0.491 e. The minimum absolute atomic E-state index is 0.374. The number of hydrogen-bond acceptors (Lipinski definition) is 5. The lowest BCUT2D eigenvalue weighted by molar-refractivity contribution is 0.424. The average Bonchev–Trinajstić information content (AvgIpc) is 2.28. The summed E-state index contributed by atoms with van der Waals surface area (Å²) in [7, 11) is -1.50. The van der Waals surface area contributed by atoms with Gasteiger partial charge in [0.05, 0.1) is 0 Å². The van der Waals surface area contributed by atoms with E-state index >= 15 is 0 Å². The van der Waals surface area contributed by atoms with E-state index in [9.17, 15) is 0 Å². The van der Waals surface area contributed by atoms with Crippen LogP contribution in [0.2, 0.25) is 0 Å². The summed E-state index contributed by atoms with van der Waals surface area (Å²) >= 11 is 0. The zero-order chi connectivity index (χ0) is 12.4. The highest BCUT2D eigenvalue weighted by Gasteiger charge is 2.21. The van der Waals surface area contributed by atoms with E-state index in [-0.39, 0.29) is 0 Å². The quantitative estimate of drug-likeness (QED) is 0.689. The monoisotopic (exact) mass is 235 g/mol. The Morgan fingerprint density at radius 1 is 1.47 bits per heavy atom. The summed E-state index contributed by atoms with van der Waals surface area (Å²) < 4.78 is 0. The fourth-order valence-electron chi connectivity index (χ4n) is 2.24. The van der Waals surface area contributed by atoms with E-state index in [1.807, 2.05) is 0 Å². The summed E-state index contributed by atoms with van der Waals surface area (Å²) in [6.07, 6.45) is 3.92. The number of hydrogen-bond donors (Lipinski definition) is 2. The first-order chi connectivity index (χ1) is 8.08. The molecule has 1 saturated heterocycles. The molecule has 0 spiro atoms. The summed E-state index contributed by atoms with van der Waals surface area (Å²) in [4.78, 5) is 10.7. The fourth-order valence-corrected chi connectivity index (χ4v) is 2.24. The van der Waals surface area contributed by atoms with Crippen LogP contribution in [0, 0.1) is 12.8 Å². The van der Waals surface area contributed by atoms with Crippen molar-refractivity contribution < 1.29 is 10.0 Å². The van der Waals surface area contributed by atoms with E-state index in [2.05, 4.69) is 21.8 Å². The van der Waals surface area contributed by atoms with Crippen LogP contribution >= 0.6 is 0 Å². The standard InChI is InChI=1S/C11H18BN3O2/c1-8-4-3-5-15(7-8)11-13-6-10(12(16)17)9(2)14-11/h6,8,16-17H,3-5,7H2,1-2H3. The molecular formula is C11H18BN3O2. The van der Waals surface area contributed by atoms with E-state index < -0.39 is 7.12 Å². The minimum atomic E-state index is -1.50. The molecule has 1 aromatic heterocycles. The van der Waals surface area contributed by atoms with Crippen LogP contribution in [0.4, 0.5) is 5.95 Å². The maximum absolute atomic E-state index is 9.11. The lowest BCUT2D eigenvalue weighted by Crippen LogP contribution is -2.38. The van der Waals surface area contributed by atoms with Crippen LogP contribution in [0.1, 0.15) is 25.5 Å². The molecule has 1 atom stereocenters. The molecular weight excluding hydrogens is 217 g/mol. The smallest absolute Gasteiger partial charge is 0.423 e. The highest BCUT2D eigenvalue weighted by Crippen LogP contribution is 2.19. The largest absolute Gasteiger partial charge is 0.491 e. The molecule has 1 aromatic rings. The van der Waals surface area contributed by atoms with Gasteiger partial charge in [0.25, 0.3) is 0 Å².